The number of hydrogen-bond acceptors (Lipinski definition) is 4. The van der Waals surface area contributed by atoms with Crippen LogP contribution in [-0.2, 0) is 4.79 Å². The molecule has 1 heterocycles. The number of thiazole rings is 1. The molecule has 4 bridgehead atoms. The number of nitrogens with zero attached hydrogens (tertiary/aromatic N) is 2. The van der Waals surface area contributed by atoms with Crippen LogP contribution in [0, 0.1) is 17.3 Å². The number of aromatic nitrogens is 1. The zero-order valence-corrected chi connectivity index (χ0v) is 17.0. The monoisotopic (exact) mass is 384 g/mol. The first-order valence-electron chi connectivity index (χ1n) is 10.2. The van der Waals surface area contributed by atoms with Gasteiger partial charge >= 0.3 is 0 Å². The van der Waals surface area contributed by atoms with E-state index in [1.165, 1.54) is 11.1 Å². The molecule has 4 saturated carbocycles. The molecule has 27 heavy (non-hydrogen) atoms. The molecule has 4 aliphatic rings. The molecule has 4 aliphatic carbocycles. The highest BCUT2D eigenvalue weighted by molar-refractivity contribution is 7.18. The van der Waals surface area contributed by atoms with Gasteiger partial charge in [0.1, 0.15) is 5.01 Å². The Labute approximate surface area is 164 Å². The average Bonchev–Trinajstić information content (AvgIpc) is 3.01. The van der Waals surface area contributed by atoms with E-state index in [9.17, 15) is 9.90 Å². The summed E-state index contributed by atoms with van der Waals surface area (Å²) in [6, 6.07) is 8.12. The van der Waals surface area contributed by atoms with Crippen molar-refractivity contribution in [2.45, 2.75) is 63.5 Å². The van der Waals surface area contributed by atoms with Crippen LogP contribution in [0.1, 0.15) is 62.9 Å². The second-order valence-electron chi connectivity index (χ2n) is 9.56. The molecule has 0 saturated heterocycles. The summed E-state index contributed by atoms with van der Waals surface area (Å²) in [4.78, 5) is 19.8. The maximum Gasteiger partial charge on any atom is 0.223 e. The van der Waals surface area contributed by atoms with E-state index in [-0.39, 0.29) is 17.4 Å². The van der Waals surface area contributed by atoms with Crippen molar-refractivity contribution in [3.63, 3.8) is 0 Å². The Morgan fingerprint density at radius 3 is 2.67 bits per heavy atom. The Balaban J connectivity index is 1.33. The summed E-state index contributed by atoms with van der Waals surface area (Å²) in [5.41, 5.74) is 0.535. The van der Waals surface area contributed by atoms with Crippen LogP contribution in [0.3, 0.4) is 0 Å². The van der Waals surface area contributed by atoms with E-state index in [1.54, 1.807) is 11.3 Å². The lowest BCUT2D eigenvalue weighted by molar-refractivity contribution is -0.172. The number of hydrogen-bond donors (Lipinski definition) is 1. The Morgan fingerprint density at radius 1 is 1.30 bits per heavy atom. The summed E-state index contributed by atoms with van der Waals surface area (Å²) in [5.74, 6) is 1.44. The van der Waals surface area contributed by atoms with Crippen LogP contribution in [0.4, 0.5) is 0 Å². The summed E-state index contributed by atoms with van der Waals surface area (Å²) in [5, 5.41) is 12.0. The Morgan fingerprint density at radius 2 is 2.00 bits per heavy atom. The lowest BCUT2D eigenvalue weighted by Gasteiger charge is -2.60. The highest BCUT2D eigenvalue weighted by Crippen LogP contribution is 2.63. The minimum atomic E-state index is -0.498. The van der Waals surface area contributed by atoms with E-state index >= 15 is 0 Å². The molecule has 1 aromatic carbocycles. The zero-order valence-electron chi connectivity index (χ0n) is 16.1. The highest BCUT2D eigenvalue weighted by atomic mass is 32.1. The molecular formula is C22H28N2O2S. The van der Waals surface area contributed by atoms with Gasteiger partial charge in [0.05, 0.1) is 21.9 Å². The number of fused-ring (bicyclic) bond motifs is 1. The summed E-state index contributed by atoms with van der Waals surface area (Å²) < 4.78 is 1.17. The third kappa shape index (κ3) is 2.99. The van der Waals surface area contributed by atoms with Crippen LogP contribution in [0.25, 0.3) is 10.2 Å². The number of para-hydroxylation sites is 1. The quantitative estimate of drug-likeness (QED) is 0.842. The van der Waals surface area contributed by atoms with E-state index in [1.807, 2.05) is 30.1 Å². The standard InChI is InChI=1S/C22H28N2O2S/c1-14(20-23-17-5-3-4-6-18(17)27-20)24(2)19(25)12-21-8-15-7-16(9-21)11-22(26,10-15)13-21/h3-6,14-16,26H,7-13H2,1-2H3/t14-,15-,16+,21?,22?/m0/s1. The van der Waals surface area contributed by atoms with Crippen molar-refractivity contribution in [2.75, 3.05) is 7.05 Å². The first kappa shape index (κ1) is 17.6. The molecule has 6 rings (SSSR count). The van der Waals surface area contributed by atoms with Gasteiger partial charge in [0.25, 0.3) is 0 Å². The van der Waals surface area contributed by atoms with Crippen molar-refractivity contribution >= 4 is 27.5 Å². The summed E-state index contributed by atoms with van der Waals surface area (Å²) in [6.45, 7) is 2.07. The predicted molar refractivity (Wildman–Crippen MR) is 107 cm³/mol. The molecule has 2 aromatic rings. The van der Waals surface area contributed by atoms with Crippen LogP contribution >= 0.6 is 11.3 Å². The minimum absolute atomic E-state index is 0.0214. The fourth-order valence-corrected chi connectivity index (χ4v) is 7.57. The van der Waals surface area contributed by atoms with E-state index in [4.69, 9.17) is 4.98 Å². The van der Waals surface area contributed by atoms with Crippen molar-refractivity contribution in [1.29, 1.82) is 0 Å². The van der Waals surface area contributed by atoms with Gasteiger partial charge in [-0.2, -0.15) is 0 Å². The third-order valence-electron chi connectivity index (χ3n) is 7.32. The Bertz CT molecular complexity index is 844. The molecular weight excluding hydrogens is 356 g/mol. The second-order valence-corrected chi connectivity index (χ2v) is 10.6. The SMILES string of the molecule is C[C@@H](c1nc2ccccc2s1)N(C)C(=O)CC12C[C@@H]3C[C@@H](CC(O)(C3)C1)C2. The maximum absolute atomic E-state index is 13.2. The van der Waals surface area contributed by atoms with Crippen molar-refractivity contribution in [1.82, 2.24) is 9.88 Å². The largest absolute Gasteiger partial charge is 0.390 e. The minimum Gasteiger partial charge on any atom is -0.390 e. The molecule has 4 nitrogen and oxygen atoms in total. The smallest absolute Gasteiger partial charge is 0.223 e. The molecule has 0 aliphatic heterocycles. The lowest BCUT2D eigenvalue weighted by atomic mass is 9.47. The average molecular weight is 385 g/mol. The molecule has 1 amide bonds. The lowest BCUT2D eigenvalue weighted by Crippen LogP contribution is -2.56. The van der Waals surface area contributed by atoms with Crippen LogP contribution in [0.5, 0.6) is 0 Å². The summed E-state index contributed by atoms with van der Waals surface area (Å²) in [7, 11) is 1.91. The van der Waals surface area contributed by atoms with Gasteiger partial charge in [0.2, 0.25) is 5.91 Å². The zero-order chi connectivity index (χ0) is 18.8. The van der Waals surface area contributed by atoms with Crippen molar-refractivity contribution in [3.05, 3.63) is 29.3 Å². The van der Waals surface area contributed by atoms with Crippen molar-refractivity contribution in [3.8, 4) is 0 Å². The first-order valence-corrected chi connectivity index (χ1v) is 11.0. The van der Waals surface area contributed by atoms with Crippen LogP contribution in [0.2, 0.25) is 0 Å². The first-order chi connectivity index (χ1) is 12.8. The highest BCUT2D eigenvalue weighted by Gasteiger charge is 2.57. The fourth-order valence-electron chi connectivity index (χ4n) is 6.50. The maximum atomic E-state index is 13.2. The van der Waals surface area contributed by atoms with Gasteiger partial charge in [-0.3, -0.25) is 4.79 Å². The van der Waals surface area contributed by atoms with E-state index in [0.29, 0.717) is 18.3 Å². The van der Waals surface area contributed by atoms with Gasteiger partial charge in [-0.25, -0.2) is 4.98 Å². The van der Waals surface area contributed by atoms with Gasteiger partial charge in [-0.1, -0.05) is 12.1 Å². The third-order valence-corrected chi connectivity index (χ3v) is 8.53. The van der Waals surface area contributed by atoms with Gasteiger partial charge in [0.15, 0.2) is 0 Å². The number of amides is 1. The number of benzene rings is 1. The normalized spacial score (nSPS) is 35.5. The summed E-state index contributed by atoms with van der Waals surface area (Å²) >= 11 is 1.68. The van der Waals surface area contributed by atoms with E-state index in [2.05, 4.69) is 13.0 Å². The molecule has 5 heteroatoms. The van der Waals surface area contributed by atoms with E-state index in [0.717, 1.165) is 42.6 Å². The van der Waals surface area contributed by atoms with Gasteiger partial charge in [-0.05, 0) is 74.8 Å². The van der Waals surface area contributed by atoms with Crippen LogP contribution < -0.4 is 0 Å². The number of aliphatic hydroxyl groups is 1. The fraction of sp³-hybridized carbons (Fsp3) is 0.636. The second kappa shape index (κ2) is 6.02. The van der Waals surface area contributed by atoms with Gasteiger partial charge in [-0.15, -0.1) is 11.3 Å². The topological polar surface area (TPSA) is 53.4 Å². The molecule has 144 valence electrons. The molecule has 2 unspecified atom stereocenters. The molecule has 1 N–H and O–H groups in total. The number of carbonyl (C=O) groups is 1. The number of carbonyl (C=O) groups excluding carboxylic acids is 1. The predicted octanol–water partition coefficient (Wildman–Crippen LogP) is 4.54. The van der Waals surface area contributed by atoms with Crippen molar-refractivity contribution < 1.29 is 9.90 Å². The van der Waals surface area contributed by atoms with Crippen molar-refractivity contribution in [2.24, 2.45) is 17.3 Å². The van der Waals surface area contributed by atoms with Gasteiger partial charge in [0, 0.05) is 13.5 Å². The molecule has 1 aromatic heterocycles. The van der Waals surface area contributed by atoms with Crippen LogP contribution in [0.15, 0.2) is 24.3 Å². The molecule has 0 spiro atoms. The molecule has 0 radical (unpaired) electrons. The molecule has 5 atom stereocenters. The number of rotatable bonds is 4. The molecule has 4 fully saturated rings. The van der Waals surface area contributed by atoms with Gasteiger partial charge < -0.3 is 10.0 Å². The Kier molecular flexibility index (Phi) is 3.93. The van der Waals surface area contributed by atoms with E-state index < -0.39 is 5.60 Å². The summed E-state index contributed by atoms with van der Waals surface area (Å²) in [6.07, 6.45) is 6.82. The van der Waals surface area contributed by atoms with Crippen LogP contribution in [-0.4, -0.2) is 33.5 Å². The Hall–Kier alpha value is -1.46.